The minimum atomic E-state index is -3.39. The van der Waals surface area contributed by atoms with Gasteiger partial charge in [-0.2, -0.15) is 0 Å². The minimum absolute atomic E-state index is 0.530. The summed E-state index contributed by atoms with van der Waals surface area (Å²) < 4.78 is 25.8. The van der Waals surface area contributed by atoms with Gasteiger partial charge in [0.1, 0.15) is 0 Å². The van der Waals surface area contributed by atoms with Crippen LogP contribution in [-0.4, -0.2) is 1.28 Å². The molecule has 4 heteroatoms. The molecule has 0 aliphatic heterocycles. The highest BCUT2D eigenvalue weighted by Crippen LogP contribution is 2.41. The molecule has 0 N–H and O–H groups in total. The van der Waals surface area contributed by atoms with E-state index in [0.717, 1.165) is 0 Å². The van der Waals surface area contributed by atoms with Crippen molar-refractivity contribution in [1.82, 2.24) is 0 Å². The van der Waals surface area contributed by atoms with Crippen LogP contribution in [0.5, 0.6) is 17.2 Å². The smallest absolute Gasteiger partial charge is 0.273 e. The van der Waals surface area contributed by atoms with Gasteiger partial charge in [0.25, 0.3) is 0 Å². The van der Waals surface area contributed by atoms with Crippen LogP contribution < -0.4 is 13.6 Å². The number of rotatable bonds is 6. The van der Waals surface area contributed by atoms with Gasteiger partial charge in [0.15, 0.2) is 17.2 Å². The third-order valence-electron chi connectivity index (χ3n) is 2.77. The standard InChI is InChI=1S/C18H16O3P/c1-4-10-16(11-5-1)19-22(20-17-12-6-2-7-13-17)21-18-14-8-3-9-15-18/h1-15,22H/q+1/i22T. The Labute approximate surface area is 132 Å². The maximum atomic E-state index is 8.58. The summed E-state index contributed by atoms with van der Waals surface area (Å²) in [6.07, 6.45) is 0. The van der Waals surface area contributed by atoms with Crippen molar-refractivity contribution in [2.75, 3.05) is 0 Å². The topological polar surface area (TPSA) is 27.7 Å². The van der Waals surface area contributed by atoms with Gasteiger partial charge in [-0.05, 0) is 36.4 Å². The van der Waals surface area contributed by atoms with Crippen molar-refractivity contribution < 1.29 is 13.6 Å². The third kappa shape index (κ3) is 4.24. The molecule has 3 aromatic carbocycles. The van der Waals surface area contributed by atoms with E-state index in [9.17, 15) is 0 Å². The van der Waals surface area contributed by atoms with Crippen LogP contribution in [0, 0.1) is 0 Å². The molecule has 0 aliphatic carbocycles. The predicted molar refractivity (Wildman–Crippen MR) is 89.5 cm³/mol. The van der Waals surface area contributed by atoms with Crippen molar-refractivity contribution in [2.45, 2.75) is 0 Å². The fraction of sp³-hybridized carbons (Fsp3) is 0. The maximum absolute atomic E-state index is 8.58. The first-order chi connectivity index (χ1) is 11.2. The lowest BCUT2D eigenvalue weighted by atomic mass is 10.3. The van der Waals surface area contributed by atoms with E-state index < -0.39 is 8.55 Å². The van der Waals surface area contributed by atoms with Crippen LogP contribution in [0.1, 0.15) is 0 Å². The summed E-state index contributed by atoms with van der Waals surface area (Å²) in [6, 6.07) is 27.3. The molecule has 0 aliphatic rings. The van der Waals surface area contributed by atoms with Gasteiger partial charge in [-0.25, -0.2) is 0 Å². The summed E-state index contributed by atoms with van der Waals surface area (Å²) in [4.78, 5) is 0. The van der Waals surface area contributed by atoms with Crippen LogP contribution in [0.4, 0.5) is 0 Å². The number of hydrogen-bond acceptors (Lipinski definition) is 3. The normalized spacial score (nSPS) is 11.4. The van der Waals surface area contributed by atoms with E-state index in [0.29, 0.717) is 17.2 Å². The summed E-state index contributed by atoms with van der Waals surface area (Å²) in [5.41, 5.74) is 0. The highest BCUT2D eigenvalue weighted by molar-refractivity contribution is 7.43. The second kappa shape index (κ2) is 7.48. The van der Waals surface area contributed by atoms with Gasteiger partial charge in [-0.15, -0.1) is 0 Å². The van der Waals surface area contributed by atoms with Crippen molar-refractivity contribution in [3.8, 4) is 17.2 Å². The zero-order valence-electron chi connectivity index (χ0n) is 12.8. The molecule has 0 fully saturated rings. The van der Waals surface area contributed by atoms with Crippen LogP contribution in [0.25, 0.3) is 0 Å². The Morgan fingerprint density at radius 3 is 1.05 bits per heavy atom. The number of benzene rings is 3. The Hall–Kier alpha value is -2.51. The highest BCUT2D eigenvalue weighted by atomic mass is 31.2. The van der Waals surface area contributed by atoms with E-state index in [2.05, 4.69) is 0 Å². The Morgan fingerprint density at radius 1 is 0.500 bits per heavy atom. The second-order valence-corrected chi connectivity index (χ2v) is 5.43. The van der Waals surface area contributed by atoms with Crippen molar-refractivity contribution in [1.29, 1.82) is 1.28 Å². The third-order valence-corrected chi connectivity index (χ3v) is 3.85. The molecule has 0 amide bonds. The second-order valence-electron chi connectivity index (χ2n) is 4.44. The molecule has 0 atom stereocenters. The zero-order chi connectivity index (χ0) is 16.0. The van der Waals surface area contributed by atoms with Gasteiger partial charge in [-0.3, -0.25) is 13.6 Å². The van der Waals surface area contributed by atoms with Gasteiger partial charge in [0, 0.05) is 0 Å². The van der Waals surface area contributed by atoms with E-state index in [1.54, 1.807) is 36.4 Å². The number of hydrogen-bond donors (Lipinski definition) is 0. The summed E-state index contributed by atoms with van der Waals surface area (Å²) in [6.45, 7) is 0. The van der Waals surface area contributed by atoms with Crippen LogP contribution in [0.3, 0.4) is 0 Å². The lowest BCUT2D eigenvalue weighted by Gasteiger charge is -2.10. The van der Waals surface area contributed by atoms with E-state index in [-0.39, 0.29) is 0 Å². The molecule has 0 bridgehead atoms. The Balaban J connectivity index is 1.85. The molecule has 0 unspecified atom stereocenters. The molecular weight excluding hydrogens is 295 g/mol. The lowest BCUT2D eigenvalue weighted by molar-refractivity contribution is 0.388. The first-order valence-corrected chi connectivity index (χ1v) is 7.99. The Bertz CT molecular complexity index is 622. The average molecular weight is 313 g/mol. The molecule has 3 rings (SSSR count). The molecule has 0 heterocycles. The van der Waals surface area contributed by atoms with Crippen molar-refractivity contribution in [3.05, 3.63) is 91.0 Å². The summed E-state index contributed by atoms with van der Waals surface area (Å²) in [7, 11) is -3.39. The molecule has 22 heavy (non-hydrogen) atoms. The molecule has 0 spiro atoms. The molecule has 0 aromatic heterocycles. The molecule has 0 saturated carbocycles. The molecular formula is C18H16O3P+. The average Bonchev–Trinajstić information content (AvgIpc) is 2.57. The Kier molecular flexibility index (Phi) is 4.48. The van der Waals surface area contributed by atoms with E-state index in [1.807, 2.05) is 54.6 Å². The van der Waals surface area contributed by atoms with Gasteiger partial charge >= 0.3 is 9.83 Å². The maximum Gasteiger partial charge on any atom is 0.528 e. The van der Waals surface area contributed by atoms with Crippen molar-refractivity contribution in [2.24, 2.45) is 0 Å². The lowest BCUT2D eigenvalue weighted by Crippen LogP contribution is -2.02. The summed E-state index contributed by atoms with van der Waals surface area (Å²) in [5, 5.41) is 0. The highest BCUT2D eigenvalue weighted by Gasteiger charge is 2.24. The fourth-order valence-corrected chi connectivity index (χ4v) is 2.75. The van der Waals surface area contributed by atoms with Crippen LogP contribution in [0.15, 0.2) is 91.0 Å². The van der Waals surface area contributed by atoms with Gasteiger partial charge in [0.2, 0.25) is 0 Å². The molecule has 110 valence electrons. The molecule has 3 aromatic rings. The molecule has 0 radical (unpaired) electrons. The van der Waals surface area contributed by atoms with Gasteiger partial charge < -0.3 is 0 Å². The van der Waals surface area contributed by atoms with E-state index in [1.165, 1.54) is 0 Å². The molecule has 0 saturated heterocycles. The Morgan fingerprint density at radius 2 is 0.773 bits per heavy atom. The van der Waals surface area contributed by atoms with Crippen LogP contribution in [0.2, 0.25) is 0 Å². The number of para-hydroxylation sites is 3. The van der Waals surface area contributed by atoms with Gasteiger partial charge in [0.05, 0.1) is 0 Å². The fourth-order valence-electron chi connectivity index (χ4n) is 1.76. The van der Waals surface area contributed by atoms with E-state index >= 15 is 0 Å². The SMILES string of the molecule is [3H][P+](Oc1ccccc1)(Oc1ccccc1)Oc1ccccc1. The van der Waals surface area contributed by atoms with Gasteiger partial charge in [-0.1, -0.05) is 54.6 Å². The van der Waals surface area contributed by atoms with E-state index in [4.69, 9.17) is 14.8 Å². The summed E-state index contributed by atoms with van der Waals surface area (Å²) >= 11 is 0. The van der Waals surface area contributed by atoms with Crippen LogP contribution >= 0.6 is 8.55 Å². The summed E-state index contributed by atoms with van der Waals surface area (Å²) in [5.74, 6) is 1.59. The monoisotopic (exact) mass is 313 g/mol. The quantitative estimate of drug-likeness (QED) is 0.587. The predicted octanol–water partition coefficient (Wildman–Crippen LogP) is 5.18. The van der Waals surface area contributed by atoms with Crippen LogP contribution in [-0.2, 0) is 0 Å². The first-order valence-electron chi connectivity index (χ1n) is 7.34. The minimum Gasteiger partial charge on any atom is -0.273 e. The van der Waals surface area contributed by atoms with Crippen molar-refractivity contribution >= 4 is 8.55 Å². The molecule has 3 nitrogen and oxygen atoms in total. The zero-order valence-corrected chi connectivity index (χ0v) is 12.7. The first kappa shape index (κ1) is 13.2. The van der Waals surface area contributed by atoms with Crippen molar-refractivity contribution in [3.63, 3.8) is 0 Å². The largest absolute Gasteiger partial charge is 0.528 e.